The minimum absolute atomic E-state index is 0.159. The van der Waals surface area contributed by atoms with Crippen LogP contribution in [-0.2, 0) is 18.9 Å². The van der Waals surface area contributed by atoms with Crippen molar-refractivity contribution in [2.45, 2.75) is 45.1 Å². The SMILES string of the molecule is Cn1cc(CCC(O)c2ccc(C(C)(C)C)s2)cn1. The van der Waals surface area contributed by atoms with Crippen LogP contribution in [0, 0.1) is 0 Å². The predicted octanol–water partition coefficient (Wildman–Crippen LogP) is 3.45. The van der Waals surface area contributed by atoms with Crippen LogP contribution in [0.25, 0.3) is 0 Å². The number of aliphatic hydroxyl groups is 1. The van der Waals surface area contributed by atoms with Crippen molar-refractivity contribution in [1.82, 2.24) is 9.78 Å². The van der Waals surface area contributed by atoms with Crippen molar-refractivity contribution in [3.8, 4) is 0 Å². The van der Waals surface area contributed by atoms with Crippen LogP contribution in [0.1, 0.15) is 48.6 Å². The van der Waals surface area contributed by atoms with E-state index in [0.29, 0.717) is 0 Å². The number of hydrogen-bond donors (Lipinski definition) is 1. The quantitative estimate of drug-likeness (QED) is 0.930. The molecule has 3 nitrogen and oxygen atoms in total. The molecule has 1 N–H and O–H groups in total. The highest BCUT2D eigenvalue weighted by Crippen LogP contribution is 2.33. The summed E-state index contributed by atoms with van der Waals surface area (Å²) < 4.78 is 1.80. The molecule has 0 saturated carbocycles. The molecule has 2 rings (SSSR count). The van der Waals surface area contributed by atoms with E-state index in [4.69, 9.17) is 0 Å². The number of aryl methyl sites for hydroxylation is 2. The van der Waals surface area contributed by atoms with E-state index in [-0.39, 0.29) is 11.5 Å². The first-order chi connectivity index (χ1) is 8.86. The Balaban J connectivity index is 1.96. The maximum atomic E-state index is 10.3. The summed E-state index contributed by atoms with van der Waals surface area (Å²) >= 11 is 1.72. The Morgan fingerprint density at radius 3 is 2.63 bits per heavy atom. The maximum absolute atomic E-state index is 10.3. The molecule has 4 heteroatoms. The summed E-state index contributed by atoms with van der Waals surface area (Å²) in [6, 6.07) is 4.19. The summed E-state index contributed by atoms with van der Waals surface area (Å²) in [6.45, 7) is 6.60. The molecule has 0 radical (unpaired) electrons. The van der Waals surface area contributed by atoms with Gasteiger partial charge in [0.1, 0.15) is 0 Å². The summed E-state index contributed by atoms with van der Waals surface area (Å²) in [5.41, 5.74) is 1.33. The molecule has 0 amide bonds. The van der Waals surface area contributed by atoms with Gasteiger partial charge in [-0.15, -0.1) is 11.3 Å². The van der Waals surface area contributed by atoms with Crippen molar-refractivity contribution in [2.24, 2.45) is 7.05 Å². The Labute approximate surface area is 118 Å². The fourth-order valence-electron chi connectivity index (χ4n) is 1.98. The minimum Gasteiger partial charge on any atom is -0.388 e. The Morgan fingerprint density at radius 2 is 2.11 bits per heavy atom. The summed E-state index contributed by atoms with van der Waals surface area (Å²) in [5.74, 6) is 0. The Hall–Kier alpha value is -1.13. The standard InChI is InChI=1S/C15H22N2OS/c1-15(2,3)14-8-7-13(19-14)12(18)6-5-11-9-16-17(4)10-11/h7-10,12,18H,5-6H2,1-4H3. The molecule has 0 spiro atoms. The lowest BCUT2D eigenvalue weighted by Gasteiger charge is -2.15. The fraction of sp³-hybridized carbons (Fsp3) is 0.533. The molecule has 1 unspecified atom stereocenters. The Kier molecular flexibility index (Phi) is 4.11. The van der Waals surface area contributed by atoms with Gasteiger partial charge in [-0.25, -0.2) is 0 Å². The zero-order valence-electron chi connectivity index (χ0n) is 12.1. The van der Waals surface area contributed by atoms with Gasteiger partial charge in [0.05, 0.1) is 12.3 Å². The second kappa shape index (κ2) is 5.47. The van der Waals surface area contributed by atoms with Gasteiger partial charge in [0, 0.05) is 23.0 Å². The van der Waals surface area contributed by atoms with Crippen LogP contribution >= 0.6 is 11.3 Å². The molecule has 0 aliphatic heterocycles. The van der Waals surface area contributed by atoms with Gasteiger partial charge in [0.25, 0.3) is 0 Å². The fourth-order valence-corrected chi connectivity index (χ4v) is 3.07. The lowest BCUT2D eigenvalue weighted by Crippen LogP contribution is -2.07. The van der Waals surface area contributed by atoms with Gasteiger partial charge in [-0.05, 0) is 36.0 Å². The van der Waals surface area contributed by atoms with E-state index < -0.39 is 0 Å². The third-order valence-electron chi connectivity index (χ3n) is 3.16. The van der Waals surface area contributed by atoms with Crippen LogP contribution < -0.4 is 0 Å². The molecular weight excluding hydrogens is 256 g/mol. The van der Waals surface area contributed by atoms with Crippen LogP contribution in [0.4, 0.5) is 0 Å². The average molecular weight is 278 g/mol. The van der Waals surface area contributed by atoms with E-state index in [1.807, 2.05) is 19.4 Å². The predicted molar refractivity (Wildman–Crippen MR) is 79.5 cm³/mol. The molecule has 0 bridgehead atoms. The van der Waals surface area contributed by atoms with E-state index in [0.717, 1.165) is 17.7 Å². The van der Waals surface area contributed by atoms with E-state index in [9.17, 15) is 5.11 Å². The molecule has 2 aromatic rings. The van der Waals surface area contributed by atoms with E-state index in [1.165, 1.54) is 10.4 Å². The lowest BCUT2D eigenvalue weighted by atomic mass is 9.95. The van der Waals surface area contributed by atoms with Crippen molar-refractivity contribution < 1.29 is 5.11 Å². The highest BCUT2D eigenvalue weighted by molar-refractivity contribution is 7.12. The Morgan fingerprint density at radius 1 is 1.37 bits per heavy atom. The van der Waals surface area contributed by atoms with Gasteiger partial charge < -0.3 is 5.11 Å². The molecule has 19 heavy (non-hydrogen) atoms. The van der Waals surface area contributed by atoms with Gasteiger partial charge in [-0.3, -0.25) is 4.68 Å². The number of rotatable bonds is 4. The van der Waals surface area contributed by atoms with Crippen molar-refractivity contribution >= 4 is 11.3 Å². The molecular formula is C15H22N2OS. The highest BCUT2D eigenvalue weighted by atomic mass is 32.1. The summed E-state index contributed by atoms with van der Waals surface area (Å²) in [6.07, 6.45) is 5.10. The molecule has 2 aromatic heterocycles. The van der Waals surface area contributed by atoms with E-state index in [2.05, 4.69) is 38.0 Å². The molecule has 1 atom stereocenters. The van der Waals surface area contributed by atoms with Gasteiger partial charge in [0.2, 0.25) is 0 Å². The minimum atomic E-state index is -0.374. The number of hydrogen-bond acceptors (Lipinski definition) is 3. The lowest BCUT2D eigenvalue weighted by molar-refractivity contribution is 0.171. The zero-order chi connectivity index (χ0) is 14.0. The van der Waals surface area contributed by atoms with Gasteiger partial charge in [-0.2, -0.15) is 5.10 Å². The van der Waals surface area contributed by atoms with Gasteiger partial charge >= 0.3 is 0 Å². The molecule has 0 saturated heterocycles. The highest BCUT2D eigenvalue weighted by Gasteiger charge is 2.18. The summed E-state index contributed by atoms with van der Waals surface area (Å²) in [4.78, 5) is 2.39. The largest absolute Gasteiger partial charge is 0.388 e. The summed E-state index contributed by atoms with van der Waals surface area (Å²) in [5, 5.41) is 14.4. The van der Waals surface area contributed by atoms with Crippen LogP contribution in [0.2, 0.25) is 0 Å². The van der Waals surface area contributed by atoms with E-state index in [1.54, 1.807) is 16.0 Å². The van der Waals surface area contributed by atoms with Crippen LogP contribution in [0.3, 0.4) is 0 Å². The van der Waals surface area contributed by atoms with Crippen LogP contribution in [0.5, 0.6) is 0 Å². The summed E-state index contributed by atoms with van der Waals surface area (Å²) in [7, 11) is 1.91. The van der Waals surface area contributed by atoms with Crippen molar-refractivity contribution in [3.63, 3.8) is 0 Å². The normalized spacial score (nSPS) is 13.7. The molecule has 104 valence electrons. The average Bonchev–Trinajstić information content (AvgIpc) is 2.93. The topological polar surface area (TPSA) is 38.0 Å². The van der Waals surface area contributed by atoms with E-state index >= 15 is 0 Å². The van der Waals surface area contributed by atoms with Crippen molar-refractivity contribution in [1.29, 1.82) is 0 Å². The molecule has 0 aliphatic carbocycles. The monoisotopic (exact) mass is 278 g/mol. The smallest absolute Gasteiger partial charge is 0.0885 e. The molecule has 2 heterocycles. The first-order valence-electron chi connectivity index (χ1n) is 6.62. The first kappa shape index (κ1) is 14.3. The molecule has 0 aliphatic rings. The maximum Gasteiger partial charge on any atom is 0.0885 e. The van der Waals surface area contributed by atoms with Crippen LogP contribution in [-0.4, -0.2) is 14.9 Å². The Bertz CT molecular complexity index is 536. The number of aromatic nitrogens is 2. The third kappa shape index (κ3) is 3.67. The number of aliphatic hydroxyl groups excluding tert-OH is 1. The van der Waals surface area contributed by atoms with Crippen molar-refractivity contribution in [3.05, 3.63) is 39.8 Å². The van der Waals surface area contributed by atoms with Gasteiger partial charge in [0.15, 0.2) is 0 Å². The zero-order valence-corrected chi connectivity index (χ0v) is 12.9. The second-order valence-electron chi connectivity index (χ2n) is 6.03. The van der Waals surface area contributed by atoms with Crippen molar-refractivity contribution in [2.75, 3.05) is 0 Å². The second-order valence-corrected chi connectivity index (χ2v) is 7.14. The number of nitrogens with zero attached hydrogens (tertiary/aromatic N) is 2. The molecule has 0 aromatic carbocycles. The number of thiophene rings is 1. The van der Waals surface area contributed by atoms with Crippen LogP contribution in [0.15, 0.2) is 24.5 Å². The van der Waals surface area contributed by atoms with Gasteiger partial charge in [-0.1, -0.05) is 20.8 Å². The third-order valence-corrected chi connectivity index (χ3v) is 4.77. The molecule has 0 fully saturated rings. The first-order valence-corrected chi connectivity index (χ1v) is 7.44.